The Morgan fingerprint density at radius 1 is 1.24 bits per heavy atom. The number of hydrogen-bond acceptors (Lipinski definition) is 3. The number of thiazole rings is 1. The van der Waals surface area contributed by atoms with Crippen LogP contribution in [0.5, 0.6) is 0 Å². The normalized spacial score (nSPS) is 12.2. The van der Waals surface area contributed by atoms with Gasteiger partial charge in [-0.2, -0.15) is 0 Å². The van der Waals surface area contributed by atoms with E-state index in [0.29, 0.717) is 0 Å². The van der Waals surface area contributed by atoms with Gasteiger partial charge in [-0.3, -0.25) is 0 Å². The van der Waals surface area contributed by atoms with Gasteiger partial charge in [0.1, 0.15) is 5.01 Å². The van der Waals surface area contributed by atoms with Crippen molar-refractivity contribution >= 4 is 22.2 Å². The summed E-state index contributed by atoms with van der Waals surface area (Å²) in [5.41, 5.74) is 3.38. The highest BCUT2D eigenvalue weighted by molar-refractivity contribution is 7.09. The molecule has 0 saturated carbocycles. The molecule has 0 aliphatic carbocycles. The molecule has 0 aliphatic rings. The molecule has 0 unspecified atom stereocenters. The van der Waals surface area contributed by atoms with Crippen molar-refractivity contribution < 1.29 is 5.11 Å². The number of rotatable bonds is 3. The Balaban J connectivity index is 1.90. The molecule has 3 rings (SSSR count). The predicted molar refractivity (Wildman–Crippen MR) is 87.8 cm³/mol. The first kappa shape index (κ1) is 14.3. The second-order valence-corrected chi connectivity index (χ2v) is 7.31. The number of hydrogen-bond donors (Lipinski definition) is 1. The van der Waals surface area contributed by atoms with E-state index >= 15 is 0 Å². The zero-order valence-electron chi connectivity index (χ0n) is 12.6. The molecule has 0 radical (unpaired) electrons. The Morgan fingerprint density at radius 3 is 2.71 bits per heavy atom. The van der Waals surface area contributed by atoms with Gasteiger partial charge in [-0.05, 0) is 29.1 Å². The molecule has 1 aromatic carbocycles. The van der Waals surface area contributed by atoms with Crippen LogP contribution in [0.1, 0.15) is 37.0 Å². The molecule has 2 heterocycles. The molecule has 110 valence electrons. The second-order valence-electron chi connectivity index (χ2n) is 6.37. The highest BCUT2D eigenvalue weighted by atomic mass is 32.1. The van der Waals surface area contributed by atoms with Crippen LogP contribution in [0.3, 0.4) is 0 Å². The van der Waals surface area contributed by atoms with Gasteiger partial charge in [-0.1, -0.05) is 26.8 Å². The zero-order valence-corrected chi connectivity index (χ0v) is 13.4. The summed E-state index contributed by atoms with van der Waals surface area (Å²) in [6, 6.07) is 8.17. The van der Waals surface area contributed by atoms with Crippen LogP contribution in [0.25, 0.3) is 10.9 Å². The first-order valence-electron chi connectivity index (χ1n) is 7.11. The molecule has 0 saturated heterocycles. The largest absolute Gasteiger partial charge is 0.392 e. The summed E-state index contributed by atoms with van der Waals surface area (Å²) in [4.78, 5) is 4.75. The van der Waals surface area contributed by atoms with Gasteiger partial charge < -0.3 is 9.67 Å². The molecule has 4 heteroatoms. The topological polar surface area (TPSA) is 38.0 Å². The third-order valence-electron chi connectivity index (χ3n) is 3.64. The van der Waals surface area contributed by atoms with Gasteiger partial charge in [0.2, 0.25) is 0 Å². The molecule has 3 nitrogen and oxygen atoms in total. The lowest BCUT2D eigenvalue weighted by atomic mass is 9.93. The number of aliphatic hydroxyl groups excluding tert-OH is 1. The van der Waals surface area contributed by atoms with Crippen molar-refractivity contribution in [1.29, 1.82) is 0 Å². The van der Waals surface area contributed by atoms with E-state index < -0.39 is 0 Å². The molecule has 0 spiro atoms. The minimum atomic E-state index is 0.0859. The lowest BCUT2D eigenvalue weighted by Crippen LogP contribution is -2.11. The molecule has 1 N–H and O–H groups in total. The molecule has 2 aromatic heterocycles. The number of aliphatic hydroxyl groups is 1. The first-order valence-corrected chi connectivity index (χ1v) is 7.99. The Labute approximate surface area is 128 Å². The van der Waals surface area contributed by atoms with Crippen LogP contribution >= 0.6 is 11.3 Å². The van der Waals surface area contributed by atoms with Crippen LogP contribution in [0, 0.1) is 0 Å². The van der Waals surface area contributed by atoms with Gasteiger partial charge in [0, 0.05) is 22.5 Å². The second kappa shape index (κ2) is 5.28. The molecule has 0 bridgehead atoms. The van der Waals surface area contributed by atoms with Crippen LogP contribution in [-0.4, -0.2) is 14.7 Å². The first-order chi connectivity index (χ1) is 9.97. The molecule has 21 heavy (non-hydrogen) atoms. The van der Waals surface area contributed by atoms with E-state index in [0.717, 1.165) is 28.2 Å². The van der Waals surface area contributed by atoms with Gasteiger partial charge in [0.25, 0.3) is 0 Å². The average Bonchev–Trinajstić information content (AvgIpc) is 3.06. The van der Waals surface area contributed by atoms with Gasteiger partial charge in [0.15, 0.2) is 0 Å². The summed E-state index contributed by atoms with van der Waals surface area (Å²) in [5, 5.41) is 13.7. The fourth-order valence-electron chi connectivity index (χ4n) is 2.36. The van der Waals surface area contributed by atoms with E-state index in [1.54, 1.807) is 11.3 Å². The Morgan fingerprint density at radius 2 is 2.05 bits per heavy atom. The third kappa shape index (κ3) is 2.87. The van der Waals surface area contributed by atoms with E-state index in [1.807, 2.05) is 12.1 Å². The van der Waals surface area contributed by atoms with Crippen molar-refractivity contribution in [2.75, 3.05) is 0 Å². The molecule has 0 atom stereocenters. The van der Waals surface area contributed by atoms with Crippen molar-refractivity contribution in [1.82, 2.24) is 9.55 Å². The van der Waals surface area contributed by atoms with Crippen LogP contribution in [0.15, 0.2) is 35.8 Å². The van der Waals surface area contributed by atoms with Gasteiger partial charge in [0.05, 0.1) is 18.8 Å². The number of fused-ring (bicyclic) bond motifs is 1. The number of nitrogens with zero attached hydrogens (tertiary/aromatic N) is 2. The number of aromatic nitrogens is 2. The summed E-state index contributed by atoms with van der Waals surface area (Å²) < 4.78 is 2.21. The van der Waals surface area contributed by atoms with Crippen molar-refractivity contribution in [2.24, 2.45) is 0 Å². The standard InChI is InChI=1S/C17H20N2OS/c1-17(2,3)15-11-21-16(18-15)9-19-7-6-13-8-12(10-20)4-5-14(13)19/h4-8,11,20H,9-10H2,1-3H3. The van der Waals surface area contributed by atoms with Gasteiger partial charge >= 0.3 is 0 Å². The van der Waals surface area contributed by atoms with Crippen molar-refractivity contribution in [3.8, 4) is 0 Å². The molecule has 0 amide bonds. The number of benzene rings is 1. The van der Waals surface area contributed by atoms with Crippen LogP contribution in [0.4, 0.5) is 0 Å². The minimum Gasteiger partial charge on any atom is -0.392 e. The quantitative estimate of drug-likeness (QED) is 0.795. The predicted octanol–water partition coefficient (Wildman–Crippen LogP) is 3.94. The molecular formula is C17H20N2OS. The highest BCUT2D eigenvalue weighted by Crippen LogP contribution is 2.25. The van der Waals surface area contributed by atoms with Crippen molar-refractivity contribution in [3.63, 3.8) is 0 Å². The molecular weight excluding hydrogens is 280 g/mol. The fraction of sp³-hybridized carbons (Fsp3) is 0.353. The summed E-state index contributed by atoms with van der Waals surface area (Å²) in [7, 11) is 0. The lowest BCUT2D eigenvalue weighted by Gasteiger charge is -2.14. The van der Waals surface area contributed by atoms with Crippen LogP contribution in [-0.2, 0) is 18.6 Å². The van der Waals surface area contributed by atoms with Crippen LogP contribution < -0.4 is 0 Å². The Bertz CT molecular complexity index is 765. The Hall–Kier alpha value is -1.65. The molecule has 0 aliphatic heterocycles. The van der Waals surface area contributed by atoms with Crippen molar-refractivity contribution in [3.05, 3.63) is 52.1 Å². The van der Waals surface area contributed by atoms with E-state index in [4.69, 9.17) is 4.98 Å². The van der Waals surface area contributed by atoms with E-state index in [-0.39, 0.29) is 12.0 Å². The maximum Gasteiger partial charge on any atom is 0.113 e. The maximum absolute atomic E-state index is 9.20. The summed E-state index contributed by atoms with van der Waals surface area (Å²) >= 11 is 1.72. The summed E-state index contributed by atoms with van der Waals surface area (Å²) in [6.07, 6.45) is 2.09. The molecule has 3 aromatic rings. The SMILES string of the molecule is CC(C)(C)c1csc(Cn2ccc3cc(CO)ccc32)n1. The van der Waals surface area contributed by atoms with E-state index in [9.17, 15) is 5.11 Å². The summed E-state index contributed by atoms with van der Waals surface area (Å²) in [6.45, 7) is 7.44. The fourth-order valence-corrected chi connectivity index (χ4v) is 3.38. The highest BCUT2D eigenvalue weighted by Gasteiger charge is 2.17. The monoisotopic (exact) mass is 300 g/mol. The zero-order chi connectivity index (χ0) is 15.0. The molecule has 0 fully saturated rings. The smallest absolute Gasteiger partial charge is 0.113 e. The average molecular weight is 300 g/mol. The Kier molecular flexibility index (Phi) is 3.59. The van der Waals surface area contributed by atoms with Crippen LogP contribution in [0.2, 0.25) is 0 Å². The maximum atomic E-state index is 9.20. The van der Waals surface area contributed by atoms with Gasteiger partial charge in [-0.25, -0.2) is 4.98 Å². The van der Waals surface area contributed by atoms with Gasteiger partial charge in [-0.15, -0.1) is 11.3 Å². The summed E-state index contributed by atoms with van der Waals surface area (Å²) in [5.74, 6) is 0. The van der Waals surface area contributed by atoms with Crippen molar-refractivity contribution in [2.45, 2.75) is 39.3 Å². The minimum absolute atomic E-state index is 0.0859. The van der Waals surface area contributed by atoms with E-state index in [1.165, 1.54) is 5.52 Å². The van der Waals surface area contributed by atoms with E-state index in [2.05, 4.69) is 49.0 Å². The third-order valence-corrected chi connectivity index (χ3v) is 4.48. The lowest BCUT2D eigenvalue weighted by molar-refractivity contribution is 0.282.